The van der Waals surface area contributed by atoms with Gasteiger partial charge in [-0.05, 0) is 27.7 Å². The van der Waals surface area contributed by atoms with Crippen molar-refractivity contribution in [2.75, 3.05) is 19.8 Å². The molecule has 1 amide bonds. The van der Waals surface area contributed by atoms with E-state index in [2.05, 4.69) is 10.1 Å². The maximum Gasteiger partial charge on any atom is 0.407 e. The summed E-state index contributed by atoms with van der Waals surface area (Å²) >= 11 is 0. The van der Waals surface area contributed by atoms with Crippen molar-refractivity contribution in [3.63, 3.8) is 0 Å². The summed E-state index contributed by atoms with van der Waals surface area (Å²) in [5.41, 5.74) is -1.21. The third-order valence-corrected chi connectivity index (χ3v) is 2.87. The Morgan fingerprint density at radius 3 is 2.28 bits per heavy atom. The SMILES string of the molecule is CCOC(=O)CNC(=O)OCC1(C)OOC1(C)C. The molecule has 0 radical (unpaired) electrons. The van der Waals surface area contributed by atoms with Crippen LogP contribution in [0.1, 0.15) is 27.7 Å². The average molecular weight is 261 g/mol. The van der Waals surface area contributed by atoms with Crippen LogP contribution in [0.25, 0.3) is 0 Å². The number of esters is 1. The molecule has 1 aliphatic heterocycles. The van der Waals surface area contributed by atoms with Crippen LogP contribution < -0.4 is 5.32 Å². The monoisotopic (exact) mass is 261 g/mol. The minimum atomic E-state index is -0.699. The van der Waals surface area contributed by atoms with Gasteiger partial charge in [0.2, 0.25) is 0 Å². The van der Waals surface area contributed by atoms with Gasteiger partial charge < -0.3 is 14.8 Å². The van der Waals surface area contributed by atoms with E-state index in [1.54, 1.807) is 13.8 Å². The Morgan fingerprint density at radius 1 is 1.17 bits per heavy atom. The lowest BCUT2D eigenvalue weighted by atomic mass is 9.86. The Bertz CT molecular complexity index is 329. The molecule has 7 nitrogen and oxygen atoms in total. The topological polar surface area (TPSA) is 83.1 Å². The van der Waals surface area contributed by atoms with Gasteiger partial charge in [0.1, 0.15) is 18.8 Å². The number of alkyl carbamates (subject to hydrolysis) is 1. The summed E-state index contributed by atoms with van der Waals surface area (Å²) in [5, 5.41) is 2.28. The zero-order chi connectivity index (χ0) is 13.8. The first kappa shape index (κ1) is 14.7. The molecule has 104 valence electrons. The number of ether oxygens (including phenoxy) is 2. The molecule has 1 unspecified atom stereocenters. The van der Waals surface area contributed by atoms with Crippen molar-refractivity contribution in [3.05, 3.63) is 0 Å². The first-order valence-corrected chi connectivity index (χ1v) is 5.74. The number of rotatable bonds is 5. The van der Waals surface area contributed by atoms with Crippen molar-refractivity contribution in [2.45, 2.75) is 38.9 Å². The maximum atomic E-state index is 11.3. The predicted molar refractivity (Wildman–Crippen MR) is 60.6 cm³/mol. The smallest absolute Gasteiger partial charge is 0.407 e. The lowest BCUT2D eigenvalue weighted by Gasteiger charge is -2.49. The molecule has 1 atom stereocenters. The molecule has 0 bridgehead atoms. The maximum absolute atomic E-state index is 11.3. The van der Waals surface area contributed by atoms with E-state index >= 15 is 0 Å². The van der Waals surface area contributed by atoms with Gasteiger partial charge in [-0.1, -0.05) is 0 Å². The molecule has 1 saturated heterocycles. The van der Waals surface area contributed by atoms with Crippen LogP contribution >= 0.6 is 0 Å². The predicted octanol–water partition coefficient (Wildman–Crippen LogP) is 0.775. The van der Waals surface area contributed by atoms with Crippen molar-refractivity contribution < 1.29 is 28.8 Å². The summed E-state index contributed by atoms with van der Waals surface area (Å²) in [6, 6.07) is 0. The van der Waals surface area contributed by atoms with Crippen LogP contribution in [-0.4, -0.2) is 43.0 Å². The normalized spacial score (nSPS) is 24.9. The molecule has 1 fully saturated rings. The number of hydrogen-bond donors (Lipinski definition) is 1. The van der Waals surface area contributed by atoms with Crippen LogP contribution in [0.4, 0.5) is 4.79 Å². The highest BCUT2D eigenvalue weighted by molar-refractivity contribution is 5.77. The fourth-order valence-electron chi connectivity index (χ4n) is 1.16. The fraction of sp³-hybridized carbons (Fsp3) is 0.818. The zero-order valence-corrected chi connectivity index (χ0v) is 11.1. The highest BCUT2D eigenvalue weighted by Crippen LogP contribution is 2.39. The molecular weight excluding hydrogens is 242 g/mol. The van der Waals surface area contributed by atoms with Gasteiger partial charge in [-0.15, -0.1) is 0 Å². The minimum absolute atomic E-state index is 0.0364. The number of carbonyl (C=O) groups is 2. The van der Waals surface area contributed by atoms with E-state index < -0.39 is 23.3 Å². The summed E-state index contributed by atoms with van der Waals surface area (Å²) in [7, 11) is 0. The Balaban J connectivity index is 2.24. The van der Waals surface area contributed by atoms with Gasteiger partial charge in [-0.3, -0.25) is 4.79 Å². The van der Waals surface area contributed by atoms with Gasteiger partial charge in [0.25, 0.3) is 0 Å². The first-order chi connectivity index (χ1) is 8.31. The highest BCUT2D eigenvalue weighted by atomic mass is 17.3. The molecule has 0 aromatic heterocycles. The average Bonchev–Trinajstić information content (AvgIpc) is 2.32. The van der Waals surface area contributed by atoms with Gasteiger partial charge in [-0.2, -0.15) is 0 Å². The van der Waals surface area contributed by atoms with Gasteiger partial charge in [0, 0.05) is 0 Å². The van der Waals surface area contributed by atoms with Crippen molar-refractivity contribution in [3.8, 4) is 0 Å². The molecule has 0 saturated carbocycles. The molecule has 7 heteroatoms. The van der Waals surface area contributed by atoms with Gasteiger partial charge in [0.15, 0.2) is 5.60 Å². The van der Waals surface area contributed by atoms with Crippen molar-refractivity contribution >= 4 is 12.1 Å². The summed E-state index contributed by atoms with van der Waals surface area (Å²) in [6.45, 7) is 7.21. The van der Waals surface area contributed by atoms with E-state index in [-0.39, 0.29) is 19.8 Å². The van der Waals surface area contributed by atoms with E-state index in [4.69, 9.17) is 14.5 Å². The van der Waals surface area contributed by atoms with Gasteiger partial charge >= 0.3 is 12.1 Å². The van der Waals surface area contributed by atoms with Gasteiger partial charge in [0.05, 0.1) is 6.61 Å². The van der Waals surface area contributed by atoms with Crippen LogP contribution in [0, 0.1) is 0 Å². The lowest BCUT2D eigenvalue weighted by molar-refractivity contribution is -0.543. The molecule has 0 aromatic rings. The second-order valence-corrected chi connectivity index (χ2v) is 4.64. The van der Waals surface area contributed by atoms with Crippen molar-refractivity contribution in [1.82, 2.24) is 5.32 Å². The third kappa shape index (κ3) is 3.33. The molecule has 1 heterocycles. The van der Waals surface area contributed by atoms with E-state index in [1.807, 2.05) is 13.8 Å². The first-order valence-electron chi connectivity index (χ1n) is 5.74. The standard InChI is InChI=1S/C11H19NO6/c1-5-15-8(13)6-12-9(14)16-7-11(4)10(2,3)17-18-11/h5-7H2,1-4H3,(H,12,14). The zero-order valence-electron chi connectivity index (χ0n) is 11.1. The Kier molecular flexibility index (Phi) is 4.53. The van der Waals surface area contributed by atoms with Gasteiger partial charge in [-0.25, -0.2) is 14.6 Å². The molecule has 1 N–H and O–H groups in total. The molecule has 18 heavy (non-hydrogen) atoms. The van der Waals surface area contributed by atoms with Crippen molar-refractivity contribution in [1.29, 1.82) is 0 Å². The van der Waals surface area contributed by atoms with Crippen LogP contribution in [0.5, 0.6) is 0 Å². The largest absolute Gasteiger partial charge is 0.465 e. The molecule has 0 aliphatic carbocycles. The molecular formula is C11H19NO6. The van der Waals surface area contributed by atoms with E-state index in [0.29, 0.717) is 0 Å². The second-order valence-electron chi connectivity index (χ2n) is 4.64. The molecule has 0 aromatic carbocycles. The second kappa shape index (κ2) is 5.53. The van der Waals surface area contributed by atoms with Crippen LogP contribution in [0.2, 0.25) is 0 Å². The summed E-state index contributed by atoms with van der Waals surface area (Å²) in [4.78, 5) is 32.2. The molecule has 1 aliphatic rings. The van der Waals surface area contributed by atoms with E-state index in [9.17, 15) is 9.59 Å². The fourth-order valence-corrected chi connectivity index (χ4v) is 1.16. The van der Waals surface area contributed by atoms with Crippen LogP contribution in [0.15, 0.2) is 0 Å². The number of amides is 1. The number of carbonyl (C=O) groups excluding carboxylic acids is 2. The number of nitrogens with one attached hydrogen (secondary N) is 1. The summed E-state index contributed by atoms with van der Waals surface area (Å²) in [5.74, 6) is -0.510. The van der Waals surface area contributed by atoms with E-state index in [0.717, 1.165) is 0 Å². The Morgan fingerprint density at radius 2 is 1.83 bits per heavy atom. The molecule has 0 spiro atoms. The lowest BCUT2D eigenvalue weighted by Crippen LogP contribution is -2.64. The van der Waals surface area contributed by atoms with Crippen molar-refractivity contribution in [2.24, 2.45) is 0 Å². The molecule has 1 rings (SSSR count). The highest BCUT2D eigenvalue weighted by Gasteiger charge is 2.55. The summed E-state index contributed by atoms with van der Waals surface area (Å²) in [6.07, 6.45) is -0.699. The summed E-state index contributed by atoms with van der Waals surface area (Å²) < 4.78 is 9.60. The number of hydrogen-bond acceptors (Lipinski definition) is 6. The Hall–Kier alpha value is -1.34. The van der Waals surface area contributed by atoms with E-state index in [1.165, 1.54) is 0 Å². The Labute approximate surface area is 106 Å². The van der Waals surface area contributed by atoms with Crippen LogP contribution in [-0.2, 0) is 24.0 Å². The minimum Gasteiger partial charge on any atom is -0.465 e. The van der Waals surface area contributed by atoms with Crippen LogP contribution in [0.3, 0.4) is 0 Å². The quantitative estimate of drug-likeness (QED) is 0.581. The third-order valence-electron chi connectivity index (χ3n) is 2.87.